The van der Waals surface area contributed by atoms with Gasteiger partial charge in [-0.25, -0.2) is 4.39 Å². The van der Waals surface area contributed by atoms with Crippen molar-refractivity contribution in [3.8, 4) is 0 Å². The number of piperidine rings is 1. The molecule has 1 fully saturated rings. The molecule has 0 spiro atoms. The number of carbonyl (C=O) groups excluding carboxylic acids is 1. The largest absolute Gasteiger partial charge is 0.341 e. The molecule has 1 aliphatic rings. The molecule has 0 aromatic heterocycles. The first-order chi connectivity index (χ1) is 9.57. The average molecular weight is 278 g/mol. The molecule has 1 N–H and O–H groups in total. The Morgan fingerprint density at radius 2 is 2.30 bits per heavy atom. The van der Waals surface area contributed by atoms with Gasteiger partial charge in [0, 0.05) is 20.1 Å². The molecule has 1 heterocycles. The zero-order chi connectivity index (χ0) is 14.6. The Bertz CT molecular complexity index is 469. The highest BCUT2D eigenvalue weighted by Gasteiger charge is 2.39. The van der Waals surface area contributed by atoms with Crippen molar-refractivity contribution in [3.05, 3.63) is 35.6 Å². The molecule has 110 valence electrons. The van der Waals surface area contributed by atoms with Crippen molar-refractivity contribution >= 4 is 5.91 Å². The number of halogens is 1. The number of hydrogen-bond acceptors (Lipinski definition) is 2. The standard InChI is InChI=1S/C16H23FN2O/c1-3-16(8-5-9-18-12-16)15(20)19(2)11-13-6-4-7-14(17)10-13/h4,6-7,10,18H,3,5,8-9,11-12H2,1-2H3. The highest BCUT2D eigenvalue weighted by molar-refractivity contribution is 5.83. The first kappa shape index (κ1) is 15.0. The summed E-state index contributed by atoms with van der Waals surface area (Å²) >= 11 is 0. The van der Waals surface area contributed by atoms with Gasteiger partial charge in [0.25, 0.3) is 0 Å². The van der Waals surface area contributed by atoms with Gasteiger partial charge in [0.2, 0.25) is 5.91 Å². The molecule has 1 saturated heterocycles. The summed E-state index contributed by atoms with van der Waals surface area (Å²) in [5, 5.41) is 3.33. The van der Waals surface area contributed by atoms with Gasteiger partial charge in [-0.1, -0.05) is 19.1 Å². The van der Waals surface area contributed by atoms with Crippen LogP contribution in [0.5, 0.6) is 0 Å². The maximum atomic E-state index is 13.2. The monoisotopic (exact) mass is 278 g/mol. The van der Waals surface area contributed by atoms with Crippen molar-refractivity contribution < 1.29 is 9.18 Å². The van der Waals surface area contributed by atoms with E-state index in [1.807, 2.05) is 6.07 Å². The number of nitrogens with zero attached hydrogens (tertiary/aromatic N) is 1. The van der Waals surface area contributed by atoms with E-state index in [9.17, 15) is 9.18 Å². The Hall–Kier alpha value is -1.42. The van der Waals surface area contributed by atoms with Gasteiger partial charge in [-0.3, -0.25) is 4.79 Å². The van der Waals surface area contributed by atoms with Crippen LogP contribution in [-0.2, 0) is 11.3 Å². The Labute approximate surface area is 120 Å². The van der Waals surface area contributed by atoms with E-state index in [1.165, 1.54) is 12.1 Å². The van der Waals surface area contributed by atoms with E-state index in [1.54, 1.807) is 18.0 Å². The van der Waals surface area contributed by atoms with E-state index in [0.29, 0.717) is 6.54 Å². The van der Waals surface area contributed by atoms with E-state index in [-0.39, 0.29) is 17.1 Å². The van der Waals surface area contributed by atoms with Crippen LogP contribution in [0.2, 0.25) is 0 Å². The van der Waals surface area contributed by atoms with Gasteiger partial charge in [-0.2, -0.15) is 0 Å². The van der Waals surface area contributed by atoms with Gasteiger partial charge in [0.1, 0.15) is 5.82 Å². The second-order valence-corrected chi connectivity index (χ2v) is 5.71. The molecule has 0 saturated carbocycles. The maximum absolute atomic E-state index is 13.2. The zero-order valence-corrected chi connectivity index (χ0v) is 12.3. The summed E-state index contributed by atoms with van der Waals surface area (Å²) in [6.07, 6.45) is 2.81. The van der Waals surface area contributed by atoms with E-state index in [4.69, 9.17) is 0 Å². The Morgan fingerprint density at radius 1 is 1.50 bits per heavy atom. The van der Waals surface area contributed by atoms with Gasteiger partial charge in [-0.15, -0.1) is 0 Å². The third kappa shape index (κ3) is 3.18. The van der Waals surface area contributed by atoms with Gasteiger partial charge < -0.3 is 10.2 Å². The third-order valence-electron chi connectivity index (χ3n) is 4.26. The van der Waals surface area contributed by atoms with Crippen LogP contribution >= 0.6 is 0 Å². The van der Waals surface area contributed by atoms with Crippen LogP contribution in [0.15, 0.2) is 24.3 Å². The second-order valence-electron chi connectivity index (χ2n) is 5.71. The number of carbonyl (C=O) groups is 1. The molecule has 20 heavy (non-hydrogen) atoms. The Kier molecular flexibility index (Phi) is 4.76. The van der Waals surface area contributed by atoms with E-state index < -0.39 is 0 Å². The van der Waals surface area contributed by atoms with Crippen molar-refractivity contribution in [2.45, 2.75) is 32.7 Å². The minimum Gasteiger partial charge on any atom is -0.341 e. The first-order valence-corrected chi connectivity index (χ1v) is 7.28. The molecule has 1 aromatic rings. The number of amides is 1. The van der Waals surface area contributed by atoms with Crippen LogP contribution in [0, 0.1) is 11.2 Å². The fraction of sp³-hybridized carbons (Fsp3) is 0.562. The topological polar surface area (TPSA) is 32.3 Å². The zero-order valence-electron chi connectivity index (χ0n) is 12.3. The lowest BCUT2D eigenvalue weighted by atomic mass is 9.77. The lowest BCUT2D eigenvalue weighted by Crippen LogP contribution is -2.50. The Balaban J connectivity index is 2.07. The van der Waals surface area contributed by atoms with E-state index in [0.717, 1.165) is 37.9 Å². The highest BCUT2D eigenvalue weighted by atomic mass is 19.1. The lowest BCUT2D eigenvalue weighted by Gasteiger charge is -2.38. The van der Waals surface area contributed by atoms with Gasteiger partial charge in [-0.05, 0) is 43.5 Å². The molecule has 3 nitrogen and oxygen atoms in total. The fourth-order valence-corrected chi connectivity index (χ4v) is 2.99. The Morgan fingerprint density at radius 3 is 2.90 bits per heavy atom. The lowest BCUT2D eigenvalue weighted by molar-refractivity contribution is -0.142. The van der Waals surface area contributed by atoms with Gasteiger partial charge in [0.05, 0.1) is 5.41 Å². The molecular formula is C16H23FN2O. The normalized spacial score (nSPS) is 22.6. The predicted octanol–water partition coefficient (Wildman–Crippen LogP) is 2.56. The number of nitrogens with one attached hydrogen (secondary N) is 1. The van der Waals surface area contributed by atoms with Crippen LogP contribution in [0.1, 0.15) is 31.7 Å². The average Bonchev–Trinajstić information content (AvgIpc) is 2.47. The van der Waals surface area contributed by atoms with Crippen molar-refractivity contribution in [1.29, 1.82) is 0 Å². The van der Waals surface area contributed by atoms with Crippen LogP contribution in [0.4, 0.5) is 4.39 Å². The molecule has 0 bridgehead atoms. The summed E-state index contributed by atoms with van der Waals surface area (Å²) in [5.74, 6) is -0.0932. The molecule has 4 heteroatoms. The molecule has 2 rings (SSSR count). The minimum atomic E-state index is -0.291. The number of hydrogen-bond donors (Lipinski definition) is 1. The van der Waals surface area contributed by atoms with Crippen molar-refractivity contribution in [2.24, 2.45) is 5.41 Å². The fourth-order valence-electron chi connectivity index (χ4n) is 2.99. The summed E-state index contributed by atoms with van der Waals surface area (Å²) in [5.41, 5.74) is 0.538. The van der Waals surface area contributed by atoms with Crippen molar-refractivity contribution in [3.63, 3.8) is 0 Å². The van der Waals surface area contributed by atoms with E-state index >= 15 is 0 Å². The number of rotatable bonds is 4. The molecule has 1 aliphatic heterocycles. The molecule has 0 radical (unpaired) electrons. The molecule has 1 aromatic carbocycles. The summed E-state index contributed by atoms with van der Waals surface area (Å²) < 4.78 is 13.2. The summed E-state index contributed by atoms with van der Waals surface area (Å²) in [6.45, 7) is 4.26. The third-order valence-corrected chi connectivity index (χ3v) is 4.26. The smallest absolute Gasteiger partial charge is 0.230 e. The van der Waals surface area contributed by atoms with E-state index in [2.05, 4.69) is 12.2 Å². The highest BCUT2D eigenvalue weighted by Crippen LogP contribution is 2.32. The molecule has 1 atom stereocenters. The minimum absolute atomic E-state index is 0.163. The quantitative estimate of drug-likeness (QED) is 0.918. The van der Waals surface area contributed by atoms with Gasteiger partial charge in [0.15, 0.2) is 0 Å². The van der Waals surface area contributed by atoms with Crippen molar-refractivity contribution in [2.75, 3.05) is 20.1 Å². The summed E-state index contributed by atoms with van der Waals surface area (Å²) in [7, 11) is 1.80. The van der Waals surface area contributed by atoms with Crippen LogP contribution in [-0.4, -0.2) is 30.9 Å². The number of benzene rings is 1. The van der Waals surface area contributed by atoms with Gasteiger partial charge >= 0.3 is 0 Å². The van der Waals surface area contributed by atoms with Crippen molar-refractivity contribution in [1.82, 2.24) is 10.2 Å². The molecule has 0 aliphatic carbocycles. The second kappa shape index (κ2) is 6.35. The predicted molar refractivity (Wildman–Crippen MR) is 77.7 cm³/mol. The SMILES string of the molecule is CCC1(C(=O)N(C)Cc2cccc(F)c2)CCCNC1. The summed E-state index contributed by atoms with van der Waals surface area (Å²) in [4.78, 5) is 14.5. The molecule has 1 amide bonds. The molecular weight excluding hydrogens is 255 g/mol. The molecule has 1 unspecified atom stereocenters. The first-order valence-electron chi connectivity index (χ1n) is 7.28. The van der Waals surface area contributed by atoms with Crippen LogP contribution < -0.4 is 5.32 Å². The van der Waals surface area contributed by atoms with Crippen LogP contribution in [0.25, 0.3) is 0 Å². The summed E-state index contributed by atoms with van der Waals surface area (Å²) in [6, 6.07) is 6.44. The van der Waals surface area contributed by atoms with Crippen LogP contribution in [0.3, 0.4) is 0 Å². The maximum Gasteiger partial charge on any atom is 0.230 e.